The van der Waals surface area contributed by atoms with E-state index < -0.39 is 6.04 Å². The Morgan fingerprint density at radius 1 is 1.00 bits per heavy atom. The smallest absolute Gasteiger partial charge is 0.290 e. The summed E-state index contributed by atoms with van der Waals surface area (Å²) in [5.74, 6) is 1.75. The molecule has 0 heterocycles. The molecule has 0 saturated heterocycles. The molecule has 2 unspecified atom stereocenters. The Morgan fingerprint density at radius 3 is 2.29 bits per heavy atom. The van der Waals surface area contributed by atoms with E-state index >= 15 is 0 Å². The van der Waals surface area contributed by atoms with Crippen LogP contribution >= 0.6 is 0 Å². The molecule has 0 spiro atoms. The van der Waals surface area contributed by atoms with Crippen molar-refractivity contribution in [1.82, 2.24) is 21.3 Å². The number of aliphatic hydroxyl groups excluding tert-OH is 2. The zero-order chi connectivity index (χ0) is 36.8. The largest absolute Gasteiger partial charge is 0.483 e. The first-order valence-corrected chi connectivity index (χ1v) is 16.0. The third-order valence-electron chi connectivity index (χ3n) is 6.17. The maximum Gasteiger partial charge on any atom is 0.290 e. The number of carbonyl (C=O) groups excluding carboxylic acids is 3. The Hall–Kier alpha value is -4.50. The molecule has 0 aliphatic heterocycles. The van der Waals surface area contributed by atoms with Gasteiger partial charge in [0.2, 0.25) is 11.8 Å². The van der Waals surface area contributed by atoms with E-state index in [0.29, 0.717) is 24.8 Å². The van der Waals surface area contributed by atoms with E-state index in [1.54, 1.807) is 48.6 Å². The van der Waals surface area contributed by atoms with Gasteiger partial charge in [0, 0.05) is 45.2 Å². The number of nitrogens with one attached hydrogen (secondary N) is 4. The van der Waals surface area contributed by atoms with Crippen LogP contribution in [0.2, 0.25) is 0 Å². The number of amides is 2. The van der Waals surface area contributed by atoms with Crippen molar-refractivity contribution < 1.29 is 34.5 Å². The quantitative estimate of drug-likeness (QED) is 0.0331. The fourth-order valence-electron chi connectivity index (χ4n) is 3.99. The Balaban J connectivity index is -0.00000381. The van der Waals surface area contributed by atoms with Crippen molar-refractivity contribution in [2.24, 2.45) is 0 Å². The molecule has 2 amide bonds. The number of allylic oxidation sites excluding steroid dienone is 9. The number of unbranched alkanes of at least 4 members (excludes halogenated alkanes) is 1. The van der Waals surface area contributed by atoms with Gasteiger partial charge in [0.25, 0.3) is 6.47 Å². The average Bonchev–Trinajstić information content (AvgIpc) is 3.08. The van der Waals surface area contributed by atoms with Crippen molar-refractivity contribution in [2.45, 2.75) is 77.3 Å². The highest BCUT2D eigenvalue weighted by atomic mass is 16.3. The third kappa shape index (κ3) is 28.9. The molecular formula is C37H58N4O7. The fraction of sp³-hybridized carbons (Fsp3) is 0.459. The molecule has 0 aromatic rings. The molecule has 0 rings (SSSR count). The van der Waals surface area contributed by atoms with Crippen LogP contribution < -0.4 is 21.3 Å². The third-order valence-corrected chi connectivity index (χ3v) is 6.17. The molecular weight excluding hydrogens is 612 g/mol. The van der Waals surface area contributed by atoms with Gasteiger partial charge in [0.05, 0.1) is 12.6 Å². The molecule has 0 aliphatic carbocycles. The van der Waals surface area contributed by atoms with Gasteiger partial charge in [-0.3, -0.25) is 14.4 Å². The minimum atomic E-state index is -0.842. The summed E-state index contributed by atoms with van der Waals surface area (Å²) < 4.78 is 0. The van der Waals surface area contributed by atoms with Crippen LogP contribution in [0.1, 0.15) is 65.2 Å². The number of terminal acetylenes is 1. The number of rotatable bonds is 25. The number of hydrogen-bond acceptors (Lipinski definition) is 8. The molecule has 0 aromatic heterocycles. The number of hydrogen-bond donors (Lipinski definition) is 7. The Labute approximate surface area is 287 Å². The van der Waals surface area contributed by atoms with Crippen LogP contribution in [0.25, 0.3) is 0 Å². The lowest BCUT2D eigenvalue weighted by molar-refractivity contribution is -0.129. The zero-order valence-corrected chi connectivity index (χ0v) is 29.0. The van der Waals surface area contributed by atoms with E-state index in [9.17, 15) is 19.5 Å². The predicted octanol–water partition coefficient (Wildman–Crippen LogP) is 3.65. The molecule has 268 valence electrons. The van der Waals surface area contributed by atoms with E-state index in [2.05, 4.69) is 60.3 Å². The molecule has 0 aliphatic rings. The Bertz CT molecular complexity index is 1100. The number of aldehydes is 1. The monoisotopic (exact) mass is 670 g/mol. The molecule has 2 atom stereocenters. The van der Waals surface area contributed by atoms with Crippen molar-refractivity contribution in [3.63, 3.8) is 0 Å². The van der Waals surface area contributed by atoms with E-state index in [-0.39, 0.29) is 50.2 Å². The maximum absolute atomic E-state index is 13.6. The van der Waals surface area contributed by atoms with Gasteiger partial charge in [-0.1, -0.05) is 87.1 Å². The maximum atomic E-state index is 13.6. The van der Waals surface area contributed by atoms with E-state index in [0.717, 1.165) is 57.2 Å². The summed E-state index contributed by atoms with van der Waals surface area (Å²) in [5, 5.41) is 36.2. The van der Waals surface area contributed by atoms with Crippen molar-refractivity contribution >= 4 is 24.6 Å². The lowest BCUT2D eigenvalue weighted by Gasteiger charge is -2.27. The van der Waals surface area contributed by atoms with Gasteiger partial charge in [-0.05, 0) is 50.3 Å². The van der Waals surface area contributed by atoms with Gasteiger partial charge >= 0.3 is 0 Å². The highest BCUT2D eigenvalue weighted by Crippen LogP contribution is 2.13. The summed E-state index contributed by atoms with van der Waals surface area (Å²) in [6.45, 7) is 13.6. The number of aliphatic hydroxyl groups is 2. The van der Waals surface area contributed by atoms with Crippen molar-refractivity contribution in [3.05, 3.63) is 84.7 Å². The van der Waals surface area contributed by atoms with Gasteiger partial charge in [-0.15, -0.1) is 6.42 Å². The van der Waals surface area contributed by atoms with E-state index in [4.69, 9.17) is 21.4 Å². The van der Waals surface area contributed by atoms with Crippen LogP contribution in [0.5, 0.6) is 0 Å². The summed E-state index contributed by atoms with van der Waals surface area (Å²) in [4.78, 5) is 45.2. The first kappa shape index (κ1) is 47.9. The second-order valence-corrected chi connectivity index (χ2v) is 10.0. The van der Waals surface area contributed by atoms with E-state index in [1.165, 1.54) is 0 Å². The van der Waals surface area contributed by atoms with Crippen molar-refractivity contribution in [3.8, 4) is 12.3 Å². The minimum absolute atomic E-state index is 0.0144. The van der Waals surface area contributed by atoms with Gasteiger partial charge in [-0.2, -0.15) is 0 Å². The Kier molecular flexibility index (Phi) is 36.9. The number of carbonyl (C=O) groups is 4. The predicted molar refractivity (Wildman–Crippen MR) is 195 cm³/mol. The summed E-state index contributed by atoms with van der Waals surface area (Å²) in [7, 11) is 1.00. The SMILES string of the molecule is C#C/C=C\C=C(/CO)CNCCCCC(NC(=O)C(CC(=C)/C=C\C=C/C=C)NC(=O)CCC=O)C(=CCC)NCCC.CO.O=CO. The van der Waals surface area contributed by atoms with Crippen molar-refractivity contribution in [1.29, 1.82) is 0 Å². The van der Waals surface area contributed by atoms with Gasteiger partial charge in [0.15, 0.2) is 0 Å². The van der Waals surface area contributed by atoms with Crippen LogP contribution in [0.4, 0.5) is 0 Å². The first-order valence-electron chi connectivity index (χ1n) is 16.0. The zero-order valence-electron chi connectivity index (χ0n) is 29.0. The molecule has 0 bridgehead atoms. The lowest BCUT2D eigenvalue weighted by Crippen LogP contribution is -2.51. The summed E-state index contributed by atoms with van der Waals surface area (Å²) in [6, 6.07) is -1.11. The van der Waals surface area contributed by atoms with Crippen LogP contribution in [-0.2, 0) is 19.2 Å². The van der Waals surface area contributed by atoms with Crippen LogP contribution in [0.3, 0.4) is 0 Å². The molecule has 11 heteroatoms. The highest BCUT2D eigenvalue weighted by Gasteiger charge is 2.25. The second kappa shape index (κ2) is 37.0. The Morgan fingerprint density at radius 2 is 1.71 bits per heavy atom. The molecule has 0 aromatic carbocycles. The van der Waals surface area contributed by atoms with Crippen molar-refractivity contribution in [2.75, 3.05) is 33.4 Å². The minimum Gasteiger partial charge on any atom is -0.483 e. The topological polar surface area (TPSA) is 177 Å². The average molecular weight is 671 g/mol. The number of carboxylic acid groups (broad SMARTS) is 1. The summed E-state index contributed by atoms with van der Waals surface area (Å²) in [6.07, 6.45) is 26.4. The van der Waals surface area contributed by atoms with Gasteiger partial charge in [-0.25, -0.2) is 0 Å². The first-order chi connectivity index (χ1) is 23.3. The lowest BCUT2D eigenvalue weighted by atomic mass is 10.0. The standard InChI is InChI=1S/C35H52N4O4.CH2O2.CH4O/c1-6-10-12-14-19-29(5)26-33(38-34(42)22-17-25-40)35(43)39-32(31(18-8-3)37-23-9-4)21-15-16-24-36-27-30(28-41)20-13-11-7-2;2-1-3;1-2/h2,6,10-14,18-20,25,32-33,36-37,41H,1,5,8-9,15-17,21-24,26-28H2,3-4H3,(H,38,42)(H,39,43);1H,(H,2,3);2H,1H3/b12-10-,13-11-,19-14-,30-20-,31-18?;;. The van der Waals surface area contributed by atoms with Crippen LogP contribution in [-0.4, -0.2) is 85.3 Å². The van der Waals surface area contributed by atoms with Crippen LogP contribution in [0.15, 0.2) is 84.7 Å². The molecule has 0 saturated carbocycles. The van der Waals surface area contributed by atoms with E-state index in [1.807, 2.05) is 0 Å². The normalized spacial score (nSPS) is 12.5. The summed E-state index contributed by atoms with van der Waals surface area (Å²) in [5.41, 5.74) is 2.46. The van der Waals surface area contributed by atoms with Gasteiger partial charge in [0.1, 0.15) is 12.3 Å². The fourth-order valence-corrected chi connectivity index (χ4v) is 3.99. The highest BCUT2D eigenvalue weighted by molar-refractivity contribution is 5.88. The van der Waals surface area contributed by atoms with Crippen LogP contribution in [0, 0.1) is 12.3 Å². The molecule has 0 radical (unpaired) electrons. The summed E-state index contributed by atoms with van der Waals surface area (Å²) >= 11 is 0. The second-order valence-electron chi connectivity index (χ2n) is 10.0. The molecule has 7 N–H and O–H groups in total. The molecule has 0 fully saturated rings. The molecule has 48 heavy (non-hydrogen) atoms. The van der Waals surface area contributed by atoms with Gasteiger partial charge < -0.3 is 41.4 Å². The molecule has 11 nitrogen and oxygen atoms in total.